The third-order valence-electron chi connectivity index (χ3n) is 4.03. The summed E-state index contributed by atoms with van der Waals surface area (Å²) in [4.78, 5) is -0.321. The van der Waals surface area contributed by atoms with Gasteiger partial charge in [0.15, 0.2) is 11.5 Å². The van der Waals surface area contributed by atoms with Crippen molar-refractivity contribution in [2.24, 2.45) is 0 Å². The van der Waals surface area contributed by atoms with E-state index >= 15 is 0 Å². The number of benzene rings is 3. The van der Waals surface area contributed by atoms with Crippen molar-refractivity contribution < 1.29 is 22.4 Å². The van der Waals surface area contributed by atoms with Gasteiger partial charge in [0.25, 0.3) is 10.1 Å². The molecule has 0 radical (unpaired) electrons. The van der Waals surface area contributed by atoms with Crippen molar-refractivity contribution in [3.8, 4) is 11.5 Å². The maximum Gasteiger partial charge on any atom is 0.305 e. The van der Waals surface area contributed by atoms with E-state index in [9.17, 15) is 13.0 Å². The number of rotatable bonds is 3. The Hall–Kier alpha value is -2.83. The van der Waals surface area contributed by atoms with E-state index in [4.69, 9.17) is 9.47 Å². The first-order chi connectivity index (χ1) is 12.0. The van der Waals surface area contributed by atoms with Crippen LogP contribution in [0.3, 0.4) is 0 Å². The molecular weight excluding hydrogens is 340 g/mol. The summed E-state index contributed by atoms with van der Waals surface area (Å²) in [5.74, 6) is -1.08. The van der Waals surface area contributed by atoms with Crippen molar-refractivity contribution >= 4 is 10.1 Å². The predicted octanol–water partition coefficient (Wildman–Crippen LogP) is 3.61. The highest BCUT2D eigenvalue weighted by molar-refractivity contribution is 7.86. The Bertz CT molecular complexity index is 975. The molecule has 6 heteroatoms. The molecule has 0 unspecified atom stereocenters. The van der Waals surface area contributed by atoms with Crippen LogP contribution in [0.5, 0.6) is 11.5 Å². The number of ether oxygens (including phenoxy) is 2. The van der Waals surface area contributed by atoms with E-state index in [2.05, 4.69) is 0 Å². The van der Waals surface area contributed by atoms with Crippen LogP contribution in [0.1, 0.15) is 11.1 Å². The normalized spacial score (nSPS) is 15.1. The minimum absolute atomic E-state index is 0.00212. The lowest BCUT2D eigenvalue weighted by atomic mass is 9.97. The lowest BCUT2D eigenvalue weighted by molar-refractivity contribution is -0.0470. The van der Waals surface area contributed by atoms with Gasteiger partial charge in [0, 0.05) is 11.1 Å². The van der Waals surface area contributed by atoms with Gasteiger partial charge in [0.1, 0.15) is 4.90 Å². The first-order valence-corrected chi connectivity index (χ1v) is 9.04. The maximum absolute atomic E-state index is 11.7. The summed E-state index contributed by atoms with van der Waals surface area (Å²) in [6.45, 7) is 0. The molecule has 1 N–H and O–H groups in total. The summed E-state index contributed by atoms with van der Waals surface area (Å²) in [5.41, 5.74) is 1.41. The van der Waals surface area contributed by atoms with Crippen molar-refractivity contribution in [2.75, 3.05) is 0 Å². The van der Waals surface area contributed by atoms with Gasteiger partial charge in [0.05, 0.1) is 0 Å². The molecule has 5 nitrogen and oxygen atoms in total. The van der Waals surface area contributed by atoms with E-state index in [-0.39, 0.29) is 16.4 Å². The summed E-state index contributed by atoms with van der Waals surface area (Å²) in [5, 5.41) is 0. The van der Waals surface area contributed by atoms with E-state index < -0.39 is 15.9 Å². The highest BCUT2D eigenvalue weighted by atomic mass is 32.2. The molecule has 1 aliphatic rings. The maximum atomic E-state index is 11.7. The fourth-order valence-corrected chi connectivity index (χ4v) is 3.54. The van der Waals surface area contributed by atoms with Crippen LogP contribution in [-0.4, -0.2) is 13.0 Å². The average molecular weight is 354 g/mol. The standard InChI is InChI=1S/C19H14O5S/c20-25(21,22)17-13-7-12-16-18(17)24-19(23-16,14-8-3-1-4-9-14)15-10-5-2-6-11-15/h1-13H,(H,20,21,22). The van der Waals surface area contributed by atoms with E-state index in [0.717, 1.165) is 0 Å². The zero-order chi connectivity index (χ0) is 17.5. The monoisotopic (exact) mass is 354 g/mol. The van der Waals surface area contributed by atoms with Crippen LogP contribution >= 0.6 is 0 Å². The minimum atomic E-state index is -4.45. The molecule has 4 rings (SSSR count). The second kappa shape index (κ2) is 5.61. The van der Waals surface area contributed by atoms with Crippen molar-refractivity contribution in [1.29, 1.82) is 0 Å². The molecular formula is C19H14O5S. The van der Waals surface area contributed by atoms with Gasteiger partial charge in [-0.1, -0.05) is 66.7 Å². The Labute approximate surface area is 145 Å². The third kappa shape index (κ3) is 2.56. The molecule has 0 saturated heterocycles. The smallest absolute Gasteiger partial charge is 0.305 e. The number of hydrogen-bond donors (Lipinski definition) is 1. The van der Waals surface area contributed by atoms with Gasteiger partial charge in [-0.3, -0.25) is 4.55 Å². The summed E-state index contributed by atoms with van der Waals surface area (Å²) in [7, 11) is -4.45. The molecule has 0 spiro atoms. The summed E-state index contributed by atoms with van der Waals surface area (Å²) in [6, 6.07) is 22.9. The lowest BCUT2D eigenvalue weighted by Crippen LogP contribution is -2.36. The second-order valence-corrected chi connectivity index (χ2v) is 7.00. The van der Waals surface area contributed by atoms with Crippen LogP contribution in [0.4, 0.5) is 0 Å². The number of fused-ring (bicyclic) bond motifs is 1. The lowest BCUT2D eigenvalue weighted by Gasteiger charge is -2.28. The van der Waals surface area contributed by atoms with Crippen LogP contribution in [-0.2, 0) is 15.9 Å². The Balaban J connectivity index is 1.94. The highest BCUT2D eigenvalue weighted by Gasteiger charge is 2.47. The van der Waals surface area contributed by atoms with Crippen LogP contribution in [0, 0.1) is 0 Å². The summed E-state index contributed by atoms with van der Waals surface area (Å²) < 4.78 is 45.1. The second-order valence-electron chi connectivity index (χ2n) is 5.61. The molecule has 3 aromatic carbocycles. The van der Waals surface area contributed by atoms with Gasteiger partial charge in [-0.15, -0.1) is 0 Å². The number of para-hydroxylation sites is 1. The van der Waals surface area contributed by atoms with E-state index in [0.29, 0.717) is 11.1 Å². The number of hydrogen-bond acceptors (Lipinski definition) is 4. The van der Waals surface area contributed by atoms with Crippen LogP contribution < -0.4 is 9.47 Å². The van der Waals surface area contributed by atoms with Gasteiger partial charge in [-0.05, 0) is 12.1 Å². The van der Waals surface area contributed by atoms with Crippen LogP contribution in [0.25, 0.3) is 0 Å². The van der Waals surface area contributed by atoms with E-state index in [1.807, 2.05) is 60.7 Å². The average Bonchev–Trinajstić information content (AvgIpc) is 3.03. The highest BCUT2D eigenvalue weighted by Crippen LogP contribution is 2.50. The van der Waals surface area contributed by atoms with E-state index in [1.54, 1.807) is 6.07 Å². The van der Waals surface area contributed by atoms with Gasteiger partial charge in [-0.25, -0.2) is 0 Å². The van der Waals surface area contributed by atoms with Gasteiger partial charge in [-0.2, -0.15) is 8.42 Å². The predicted molar refractivity (Wildman–Crippen MR) is 91.2 cm³/mol. The molecule has 0 fully saturated rings. The van der Waals surface area contributed by atoms with Crippen molar-refractivity contribution in [3.05, 3.63) is 90.0 Å². The molecule has 25 heavy (non-hydrogen) atoms. The van der Waals surface area contributed by atoms with Crippen molar-refractivity contribution in [3.63, 3.8) is 0 Å². The first kappa shape index (κ1) is 15.7. The molecule has 1 aliphatic heterocycles. The molecule has 0 saturated carbocycles. The van der Waals surface area contributed by atoms with Gasteiger partial charge < -0.3 is 9.47 Å². The molecule has 0 atom stereocenters. The summed E-state index contributed by atoms with van der Waals surface area (Å²) in [6.07, 6.45) is 0. The van der Waals surface area contributed by atoms with Crippen LogP contribution in [0.15, 0.2) is 83.8 Å². The van der Waals surface area contributed by atoms with Gasteiger partial charge >= 0.3 is 5.79 Å². The van der Waals surface area contributed by atoms with Crippen molar-refractivity contribution in [1.82, 2.24) is 0 Å². The summed E-state index contributed by atoms with van der Waals surface area (Å²) >= 11 is 0. The Morgan fingerprint density at radius 1 is 0.720 bits per heavy atom. The SMILES string of the molecule is O=S(=O)(O)c1cccc2c1OC(c1ccccc1)(c1ccccc1)O2. The molecule has 0 aromatic heterocycles. The molecule has 0 bridgehead atoms. The molecule has 0 amide bonds. The molecule has 1 heterocycles. The zero-order valence-electron chi connectivity index (χ0n) is 13.0. The van der Waals surface area contributed by atoms with Gasteiger partial charge in [0.2, 0.25) is 0 Å². The quantitative estimate of drug-likeness (QED) is 0.728. The first-order valence-electron chi connectivity index (χ1n) is 7.60. The third-order valence-corrected chi connectivity index (χ3v) is 4.91. The Morgan fingerprint density at radius 2 is 1.28 bits per heavy atom. The fraction of sp³-hybridized carbons (Fsp3) is 0.0526. The minimum Gasteiger partial charge on any atom is -0.440 e. The topological polar surface area (TPSA) is 72.8 Å². The Morgan fingerprint density at radius 3 is 1.80 bits per heavy atom. The molecule has 126 valence electrons. The van der Waals surface area contributed by atoms with E-state index in [1.165, 1.54) is 12.1 Å². The Kier molecular flexibility index (Phi) is 3.52. The van der Waals surface area contributed by atoms with Crippen molar-refractivity contribution in [2.45, 2.75) is 10.7 Å². The van der Waals surface area contributed by atoms with Crippen LogP contribution in [0.2, 0.25) is 0 Å². The fourth-order valence-electron chi connectivity index (χ4n) is 2.92. The molecule has 0 aliphatic carbocycles. The zero-order valence-corrected chi connectivity index (χ0v) is 13.8. The molecule has 3 aromatic rings. The largest absolute Gasteiger partial charge is 0.440 e.